The highest BCUT2D eigenvalue weighted by Gasteiger charge is 2.14. The van der Waals surface area contributed by atoms with E-state index in [2.05, 4.69) is 66.3 Å². The lowest BCUT2D eigenvalue weighted by atomic mass is 9.92. The van der Waals surface area contributed by atoms with E-state index in [9.17, 15) is 0 Å². The van der Waals surface area contributed by atoms with E-state index in [1.54, 1.807) is 0 Å². The van der Waals surface area contributed by atoms with Gasteiger partial charge in [-0.05, 0) is 36.4 Å². The van der Waals surface area contributed by atoms with E-state index in [4.69, 9.17) is 0 Å². The predicted octanol–water partition coefficient (Wildman–Crippen LogP) is 6.14. The summed E-state index contributed by atoms with van der Waals surface area (Å²) >= 11 is 3.72. The van der Waals surface area contributed by atoms with E-state index in [-0.39, 0.29) is 0 Å². The Morgan fingerprint density at radius 1 is 1.00 bits per heavy atom. The summed E-state index contributed by atoms with van der Waals surface area (Å²) in [4.78, 5) is 0. The van der Waals surface area contributed by atoms with Crippen molar-refractivity contribution in [2.45, 2.75) is 65.2 Å². The zero-order valence-corrected chi connectivity index (χ0v) is 15.6. The molecule has 21 heavy (non-hydrogen) atoms. The molecule has 0 bridgehead atoms. The average molecular weight is 354 g/mol. The molecule has 2 heteroatoms. The monoisotopic (exact) mass is 353 g/mol. The molecule has 1 N–H and O–H groups in total. The lowest BCUT2D eigenvalue weighted by Crippen LogP contribution is -2.25. The Morgan fingerprint density at radius 3 is 2.38 bits per heavy atom. The van der Waals surface area contributed by atoms with Crippen molar-refractivity contribution in [3.63, 3.8) is 0 Å². The molecule has 0 spiro atoms. The largest absolute Gasteiger partial charge is 0.316 e. The van der Waals surface area contributed by atoms with E-state index in [1.807, 2.05) is 0 Å². The number of benzene rings is 1. The lowest BCUT2D eigenvalue weighted by molar-refractivity contribution is 0.480. The Labute approximate surface area is 140 Å². The third-order valence-corrected chi connectivity index (χ3v) is 4.67. The maximum atomic E-state index is 3.72. The molecule has 0 aliphatic heterocycles. The van der Waals surface area contributed by atoms with Crippen molar-refractivity contribution in [2.75, 3.05) is 13.1 Å². The molecule has 1 atom stereocenters. The van der Waals surface area contributed by atoms with Crippen LogP contribution in [0.3, 0.4) is 0 Å². The second-order valence-electron chi connectivity index (χ2n) is 6.47. The van der Waals surface area contributed by atoms with Gasteiger partial charge in [-0.1, -0.05) is 87.0 Å². The lowest BCUT2D eigenvalue weighted by Gasteiger charge is -2.20. The SMILES string of the molecule is CCCCCCCC(CNCC(C)C)c1ccccc1Br. The minimum absolute atomic E-state index is 0.626. The normalized spacial score (nSPS) is 12.8. The summed E-state index contributed by atoms with van der Waals surface area (Å²) in [5.41, 5.74) is 1.46. The molecule has 120 valence electrons. The van der Waals surface area contributed by atoms with E-state index in [0.29, 0.717) is 5.92 Å². The average Bonchev–Trinajstić information content (AvgIpc) is 2.45. The highest BCUT2D eigenvalue weighted by atomic mass is 79.9. The number of hydrogen-bond acceptors (Lipinski definition) is 1. The standard InChI is InChI=1S/C19H32BrN/c1-4-5-6-7-8-11-17(15-21-14-16(2)3)18-12-9-10-13-19(18)20/h9-10,12-13,16-17,21H,4-8,11,14-15H2,1-3H3. The van der Waals surface area contributed by atoms with Crippen LogP contribution in [0.1, 0.15) is 70.8 Å². The Morgan fingerprint density at radius 2 is 1.71 bits per heavy atom. The molecule has 1 nitrogen and oxygen atoms in total. The van der Waals surface area contributed by atoms with Gasteiger partial charge in [0.15, 0.2) is 0 Å². The van der Waals surface area contributed by atoms with Crippen molar-refractivity contribution in [1.29, 1.82) is 0 Å². The van der Waals surface area contributed by atoms with Gasteiger partial charge < -0.3 is 5.32 Å². The molecular weight excluding hydrogens is 322 g/mol. The van der Waals surface area contributed by atoms with Gasteiger partial charge in [-0.3, -0.25) is 0 Å². The maximum Gasteiger partial charge on any atom is 0.0210 e. The summed E-state index contributed by atoms with van der Waals surface area (Å²) in [6.45, 7) is 9.02. The molecule has 0 fully saturated rings. The number of unbranched alkanes of at least 4 members (excludes halogenated alkanes) is 4. The van der Waals surface area contributed by atoms with E-state index in [1.165, 1.54) is 48.6 Å². The van der Waals surface area contributed by atoms with Crippen molar-refractivity contribution in [3.05, 3.63) is 34.3 Å². The molecule has 1 aromatic rings. The molecule has 1 rings (SSSR count). The second kappa shape index (κ2) is 11.3. The highest BCUT2D eigenvalue weighted by molar-refractivity contribution is 9.10. The zero-order chi connectivity index (χ0) is 15.5. The summed E-state index contributed by atoms with van der Waals surface area (Å²) in [5.74, 6) is 1.34. The molecule has 1 aromatic carbocycles. The molecule has 0 aromatic heterocycles. The van der Waals surface area contributed by atoms with E-state index >= 15 is 0 Å². The fraction of sp³-hybridized carbons (Fsp3) is 0.684. The van der Waals surface area contributed by atoms with Gasteiger partial charge >= 0.3 is 0 Å². The van der Waals surface area contributed by atoms with Crippen LogP contribution < -0.4 is 5.32 Å². The first-order valence-electron chi connectivity index (χ1n) is 8.60. The quantitative estimate of drug-likeness (QED) is 0.471. The van der Waals surface area contributed by atoms with Crippen LogP contribution in [0.5, 0.6) is 0 Å². The summed E-state index contributed by atoms with van der Waals surface area (Å²) in [6, 6.07) is 8.71. The smallest absolute Gasteiger partial charge is 0.0210 e. The fourth-order valence-corrected chi connectivity index (χ4v) is 3.32. The van der Waals surface area contributed by atoms with Gasteiger partial charge in [-0.25, -0.2) is 0 Å². The topological polar surface area (TPSA) is 12.0 Å². The van der Waals surface area contributed by atoms with E-state index in [0.717, 1.165) is 19.0 Å². The number of hydrogen-bond donors (Lipinski definition) is 1. The molecule has 0 aliphatic carbocycles. The summed E-state index contributed by atoms with van der Waals surface area (Å²) < 4.78 is 1.26. The highest BCUT2D eigenvalue weighted by Crippen LogP contribution is 2.28. The molecule has 0 radical (unpaired) electrons. The Bertz CT molecular complexity index is 376. The van der Waals surface area contributed by atoms with Crippen LogP contribution in [0, 0.1) is 5.92 Å². The van der Waals surface area contributed by atoms with Crippen LogP contribution in [-0.2, 0) is 0 Å². The Hall–Kier alpha value is -0.340. The van der Waals surface area contributed by atoms with Crippen LogP contribution in [0.4, 0.5) is 0 Å². The Balaban J connectivity index is 2.51. The third-order valence-electron chi connectivity index (χ3n) is 3.94. The van der Waals surface area contributed by atoms with Crippen molar-refractivity contribution >= 4 is 15.9 Å². The predicted molar refractivity (Wildman–Crippen MR) is 98.0 cm³/mol. The van der Waals surface area contributed by atoms with E-state index < -0.39 is 0 Å². The van der Waals surface area contributed by atoms with Gasteiger partial charge in [0.1, 0.15) is 0 Å². The molecule has 1 unspecified atom stereocenters. The van der Waals surface area contributed by atoms with Crippen LogP contribution in [0.25, 0.3) is 0 Å². The van der Waals surface area contributed by atoms with Gasteiger partial charge in [0.25, 0.3) is 0 Å². The van der Waals surface area contributed by atoms with Crippen LogP contribution in [-0.4, -0.2) is 13.1 Å². The third kappa shape index (κ3) is 8.01. The maximum absolute atomic E-state index is 3.72. The summed E-state index contributed by atoms with van der Waals surface area (Å²) in [7, 11) is 0. The van der Waals surface area contributed by atoms with Gasteiger partial charge in [0, 0.05) is 11.0 Å². The first-order chi connectivity index (χ1) is 10.1. The first-order valence-corrected chi connectivity index (χ1v) is 9.39. The number of rotatable bonds is 11. The number of nitrogens with one attached hydrogen (secondary N) is 1. The fourth-order valence-electron chi connectivity index (χ4n) is 2.71. The van der Waals surface area contributed by atoms with Crippen molar-refractivity contribution < 1.29 is 0 Å². The minimum Gasteiger partial charge on any atom is -0.316 e. The van der Waals surface area contributed by atoms with Gasteiger partial charge in [-0.15, -0.1) is 0 Å². The van der Waals surface area contributed by atoms with Gasteiger partial charge in [0.05, 0.1) is 0 Å². The molecular formula is C19H32BrN. The van der Waals surface area contributed by atoms with Crippen LogP contribution in [0.15, 0.2) is 28.7 Å². The molecule has 0 amide bonds. The second-order valence-corrected chi connectivity index (χ2v) is 7.33. The van der Waals surface area contributed by atoms with Gasteiger partial charge in [0.2, 0.25) is 0 Å². The van der Waals surface area contributed by atoms with Crippen LogP contribution in [0.2, 0.25) is 0 Å². The molecule has 0 aliphatic rings. The van der Waals surface area contributed by atoms with Crippen molar-refractivity contribution in [1.82, 2.24) is 5.32 Å². The van der Waals surface area contributed by atoms with Gasteiger partial charge in [-0.2, -0.15) is 0 Å². The minimum atomic E-state index is 0.626. The van der Waals surface area contributed by atoms with Crippen molar-refractivity contribution in [3.8, 4) is 0 Å². The summed E-state index contributed by atoms with van der Waals surface area (Å²) in [6.07, 6.45) is 8.10. The summed E-state index contributed by atoms with van der Waals surface area (Å²) in [5, 5.41) is 3.64. The van der Waals surface area contributed by atoms with Crippen molar-refractivity contribution in [2.24, 2.45) is 5.92 Å². The first kappa shape index (κ1) is 18.7. The van der Waals surface area contributed by atoms with Crippen LogP contribution >= 0.6 is 15.9 Å². The number of halogens is 1. The zero-order valence-electron chi connectivity index (χ0n) is 14.0. The molecule has 0 saturated carbocycles. The molecule has 0 heterocycles. The Kier molecular flexibility index (Phi) is 10.0. The molecule has 0 saturated heterocycles.